The van der Waals surface area contributed by atoms with Gasteiger partial charge in [0.05, 0.1) is 11.4 Å². The molecule has 0 saturated carbocycles. The first-order valence-electron chi connectivity index (χ1n) is 21.1. The summed E-state index contributed by atoms with van der Waals surface area (Å²) in [6, 6.07) is 66.7. The molecule has 284 valence electrons. The van der Waals surface area contributed by atoms with Crippen molar-refractivity contribution < 1.29 is 0 Å². The fraction of sp³-hybridized carbons (Fsp3) is 0.103. The SMILES string of the molecule is CC1(C)c2cc3ccccc3cc2-c2c(-c3cccc(-c4cc(-c5ccc6c(c5)C(C)(C)c5c-6c6ccccc6c6ccccc56)nc(-c5ccccc5)n4)c3)cccc21. The standard InChI is InChI=1S/C58H42N2/c1-57(2)48-27-15-26-41(53(48)47-31-36-18-8-9-19-37(36)32-50(47)57)38-20-14-21-39(30-38)51-34-52(60-56(59-51)35-16-6-5-7-17-35)40-28-29-46-49(33-40)58(3,4)55-45-25-13-11-23-43(45)42-22-10-12-24-44(42)54(46)55/h5-34H,1-4H3. The maximum Gasteiger partial charge on any atom is 0.160 e. The van der Waals surface area contributed by atoms with E-state index >= 15 is 0 Å². The Labute approximate surface area is 350 Å². The first kappa shape index (κ1) is 34.8. The van der Waals surface area contributed by atoms with Crippen molar-refractivity contribution in [2.45, 2.75) is 38.5 Å². The summed E-state index contributed by atoms with van der Waals surface area (Å²) in [6.45, 7) is 9.50. The number of rotatable bonds is 4. The minimum absolute atomic E-state index is 0.111. The number of nitrogens with zero attached hydrogens (tertiary/aromatic N) is 2. The number of benzene rings is 9. The molecule has 0 unspecified atom stereocenters. The van der Waals surface area contributed by atoms with Crippen molar-refractivity contribution in [3.05, 3.63) is 204 Å². The Balaban J connectivity index is 1.02. The zero-order chi connectivity index (χ0) is 40.3. The molecule has 1 aromatic heterocycles. The van der Waals surface area contributed by atoms with Gasteiger partial charge < -0.3 is 0 Å². The number of fused-ring (bicyclic) bond motifs is 12. The van der Waals surface area contributed by atoms with Gasteiger partial charge in [0.25, 0.3) is 0 Å². The Morgan fingerprint density at radius 3 is 1.68 bits per heavy atom. The molecule has 0 N–H and O–H groups in total. The highest BCUT2D eigenvalue weighted by Gasteiger charge is 2.39. The van der Waals surface area contributed by atoms with E-state index in [0.29, 0.717) is 0 Å². The zero-order valence-corrected chi connectivity index (χ0v) is 34.2. The molecule has 10 aromatic rings. The van der Waals surface area contributed by atoms with Gasteiger partial charge in [-0.25, -0.2) is 9.97 Å². The van der Waals surface area contributed by atoms with E-state index in [1.54, 1.807) is 0 Å². The maximum atomic E-state index is 5.30. The predicted molar refractivity (Wildman–Crippen MR) is 251 cm³/mol. The summed E-state index contributed by atoms with van der Waals surface area (Å²) in [5.41, 5.74) is 17.9. The third-order valence-electron chi connectivity index (χ3n) is 13.6. The van der Waals surface area contributed by atoms with Crippen molar-refractivity contribution in [2.24, 2.45) is 0 Å². The Hall–Kier alpha value is -7.16. The lowest BCUT2D eigenvalue weighted by atomic mass is 9.79. The summed E-state index contributed by atoms with van der Waals surface area (Å²) in [4.78, 5) is 10.6. The van der Waals surface area contributed by atoms with Gasteiger partial charge in [-0.05, 0) is 118 Å². The monoisotopic (exact) mass is 766 g/mol. The van der Waals surface area contributed by atoms with E-state index in [4.69, 9.17) is 9.97 Å². The minimum Gasteiger partial charge on any atom is -0.228 e. The molecule has 0 spiro atoms. The van der Waals surface area contributed by atoms with Crippen LogP contribution in [0.4, 0.5) is 0 Å². The molecule has 0 fully saturated rings. The van der Waals surface area contributed by atoms with Gasteiger partial charge in [-0.2, -0.15) is 0 Å². The van der Waals surface area contributed by atoms with Crippen LogP contribution < -0.4 is 0 Å². The summed E-state index contributed by atoms with van der Waals surface area (Å²) in [5.74, 6) is 0.719. The second-order valence-corrected chi connectivity index (χ2v) is 17.7. The van der Waals surface area contributed by atoms with Gasteiger partial charge in [0.15, 0.2) is 5.82 Å². The Morgan fingerprint density at radius 2 is 0.917 bits per heavy atom. The van der Waals surface area contributed by atoms with Crippen LogP contribution >= 0.6 is 0 Å². The molecule has 2 aliphatic carbocycles. The lowest BCUT2D eigenvalue weighted by Crippen LogP contribution is -2.15. The number of hydrogen-bond acceptors (Lipinski definition) is 2. The normalized spacial score (nSPS) is 14.3. The van der Waals surface area contributed by atoms with Gasteiger partial charge in [-0.3, -0.25) is 0 Å². The topological polar surface area (TPSA) is 25.8 Å². The second-order valence-electron chi connectivity index (χ2n) is 17.7. The van der Waals surface area contributed by atoms with E-state index < -0.39 is 0 Å². The van der Waals surface area contributed by atoms with Crippen LogP contribution in [0.1, 0.15) is 49.9 Å². The maximum absolute atomic E-state index is 5.30. The van der Waals surface area contributed by atoms with Crippen molar-refractivity contribution in [3.63, 3.8) is 0 Å². The van der Waals surface area contributed by atoms with Crippen LogP contribution in [0.25, 0.3) is 99.6 Å². The van der Waals surface area contributed by atoms with Gasteiger partial charge in [-0.15, -0.1) is 0 Å². The van der Waals surface area contributed by atoms with E-state index in [0.717, 1.165) is 33.9 Å². The summed E-state index contributed by atoms with van der Waals surface area (Å²) in [7, 11) is 0. The molecule has 0 radical (unpaired) electrons. The Morgan fingerprint density at radius 1 is 0.333 bits per heavy atom. The number of hydrogen-bond donors (Lipinski definition) is 0. The highest BCUT2D eigenvalue weighted by Crippen LogP contribution is 2.56. The van der Waals surface area contributed by atoms with Gasteiger partial charge >= 0.3 is 0 Å². The van der Waals surface area contributed by atoms with Gasteiger partial charge in [0.2, 0.25) is 0 Å². The number of aromatic nitrogens is 2. The van der Waals surface area contributed by atoms with Crippen molar-refractivity contribution in [1.82, 2.24) is 9.97 Å². The van der Waals surface area contributed by atoms with Gasteiger partial charge in [0.1, 0.15) is 0 Å². The zero-order valence-electron chi connectivity index (χ0n) is 34.2. The molecule has 0 aliphatic heterocycles. The fourth-order valence-electron chi connectivity index (χ4n) is 10.7. The first-order chi connectivity index (χ1) is 29.3. The highest BCUT2D eigenvalue weighted by molar-refractivity contribution is 6.18. The largest absolute Gasteiger partial charge is 0.228 e. The summed E-state index contributed by atoms with van der Waals surface area (Å²) >= 11 is 0. The molecule has 60 heavy (non-hydrogen) atoms. The van der Waals surface area contributed by atoms with E-state index in [1.807, 2.05) is 6.07 Å². The fourth-order valence-corrected chi connectivity index (χ4v) is 10.7. The van der Waals surface area contributed by atoms with Crippen LogP contribution in [0, 0.1) is 0 Å². The molecule has 2 nitrogen and oxygen atoms in total. The molecule has 2 heteroatoms. The van der Waals surface area contributed by atoms with Gasteiger partial charge in [0, 0.05) is 27.5 Å². The summed E-state index contributed by atoms with van der Waals surface area (Å²) in [5, 5.41) is 7.81. The lowest BCUT2D eigenvalue weighted by Gasteiger charge is -2.24. The van der Waals surface area contributed by atoms with Crippen LogP contribution in [0.2, 0.25) is 0 Å². The van der Waals surface area contributed by atoms with E-state index in [2.05, 4.69) is 204 Å². The van der Waals surface area contributed by atoms with Crippen LogP contribution in [0.3, 0.4) is 0 Å². The molecule has 9 aromatic carbocycles. The average Bonchev–Trinajstić information content (AvgIpc) is 3.67. The van der Waals surface area contributed by atoms with Crippen molar-refractivity contribution in [3.8, 4) is 67.3 Å². The summed E-state index contributed by atoms with van der Waals surface area (Å²) < 4.78 is 0. The molecular formula is C58H42N2. The summed E-state index contributed by atoms with van der Waals surface area (Å²) in [6.07, 6.45) is 0. The van der Waals surface area contributed by atoms with Crippen molar-refractivity contribution >= 4 is 32.3 Å². The Bertz CT molecular complexity index is 3430. The third kappa shape index (κ3) is 5.01. The molecule has 1 heterocycles. The third-order valence-corrected chi connectivity index (χ3v) is 13.6. The quantitative estimate of drug-likeness (QED) is 0.167. The first-order valence-corrected chi connectivity index (χ1v) is 21.1. The van der Waals surface area contributed by atoms with Gasteiger partial charge in [-0.1, -0.05) is 179 Å². The minimum atomic E-state index is -0.216. The molecule has 0 atom stereocenters. The van der Waals surface area contributed by atoms with E-state index in [-0.39, 0.29) is 10.8 Å². The van der Waals surface area contributed by atoms with E-state index in [1.165, 1.54) is 88.0 Å². The van der Waals surface area contributed by atoms with Crippen molar-refractivity contribution in [2.75, 3.05) is 0 Å². The molecule has 0 bridgehead atoms. The van der Waals surface area contributed by atoms with Crippen molar-refractivity contribution in [1.29, 1.82) is 0 Å². The van der Waals surface area contributed by atoms with E-state index in [9.17, 15) is 0 Å². The van der Waals surface area contributed by atoms with Crippen LogP contribution in [0.5, 0.6) is 0 Å². The lowest BCUT2D eigenvalue weighted by molar-refractivity contribution is 0.661. The highest BCUT2D eigenvalue weighted by atomic mass is 14.9. The second kappa shape index (κ2) is 12.7. The van der Waals surface area contributed by atoms with Crippen LogP contribution in [-0.2, 0) is 10.8 Å². The molecule has 12 rings (SSSR count). The van der Waals surface area contributed by atoms with Crippen LogP contribution in [0.15, 0.2) is 182 Å². The Kier molecular flexibility index (Phi) is 7.36. The predicted octanol–water partition coefficient (Wildman–Crippen LogP) is 15.2. The molecular weight excluding hydrogens is 725 g/mol. The molecule has 2 aliphatic rings. The smallest absolute Gasteiger partial charge is 0.160 e. The van der Waals surface area contributed by atoms with Crippen LogP contribution in [-0.4, -0.2) is 9.97 Å². The molecule has 0 saturated heterocycles. The molecule has 0 amide bonds. The average molecular weight is 767 g/mol.